The topological polar surface area (TPSA) is 41.9 Å². The summed E-state index contributed by atoms with van der Waals surface area (Å²) in [6.45, 7) is 0.910. The van der Waals surface area contributed by atoms with Crippen LogP contribution in [0, 0.1) is 0 Å². The number of hydrogen-bond acceptors (Lipinski definition) is 5. The van der Waals surface area contributed by atoms with Gasteiger partial charge in [0.2, 0.25) is 0 Å². The molecule has 0 amide bonds. The summed E-state index contributed by atoms with van der Waals surface area (Å²) in [7, 11) is 2.11. The van der Waals surface area contributed by atoms with Crippen LogP contribution in [0.25, 0.3) is 10.2 Å². The van der Waals surface area contributed by atoms with Crippen LogP contribution in [0.15, 0.2) is 30.7 Å². The third-order valence-corrected chi connectivity index (χ3v) is 5.47. The van der Waals surface area contributed by atoms with Gasteiger partial charge < -0.3 is 4.90 Å². The molecule has 1 aliphatic rings. The van der Waals surface area contributed by atoms with Gasteiger partial charge in [-0.3, -0.25) is 4.98 Å². The van der Waals surface area contributed by atoms with Gasteiger partial charge in [-0.1, -0.05) is 6.07 Å². The molecule has 5 heteroatoms. The number of aromatic nitrogens is 3. The first-order chi connectivity index (χ1) is 10.8. The van der Waals surface area contributed by atoms with E-state index in [1.165, 1.54) is 35.1 Å². The Hall–Kier alpha value is -2.01. The minimum atomic E-state index is 0.910. The van der Waals surface area contributed by atoms with Crippen molar-refractivity contribution < 1.29 is 0 Å². The Morgan fingerprint density at radius 2 is 2.14 bits per heavy atom. The Labute approximate surface area is 133 Å². The number of likely N-dealkylation sites (N-methyl/N-ethyl adjacent to an activating group) is 1. The Bertz CT molecular complexity index is 797. The lowest BCUT2D eigenvalue weighted by atomic mass is 10.2. The molecular formula is C17H18N4S. The van der Waals surface area contributed by atoms with E-state index in [0.717, 1.165) is 29.3 Å². The van der Waals surface area contributed by atoms with Crippen molar-refractivity contribution in [2.24, 2.45) is 0 Å². The third kappa shape index (κ3) is 2.35. The molecule has 0 spiro atoms. The smallest absolute Gasteiger partial charge is 0.140 e. The van der Waals surface area contributed by atoms with Crippen LogP contribution < -0.4 is 4.90 Å². The van der Waals surface area contributed by atoms with E-state index in [4.69, 9.17) is 0 Å². The summed E-state index contributed by atoms with van der Waals surface area (Å²) in [5.41, 5.74) is 2.61. The summed E-state index contributed by atoms with van der Waals surface area (Å²) in [5.74, 6) is 1.07. The zero-order valence-electron chi connectivity index (χ0n) is 12.6. The molecule has 0 bridgehead atoms. The molecule has 4 rings (SSSR count). The normalized spacial score (nSPS) is 13.5. The van der Waals surface area contributed by atoms with Crippen molar-refractivity contribution in [3.05, 3.63) is 46.9 Å². The molecule has 0 aliphatic heterocycles. The lowest BCUT2D eigenvalue weighted by Gasteiger charge is -2.19. The second-order valence-corrected chi connectivity index (χ2v) is 6.81. The SMILES string of the molecule is CN(CCc1ccccn1)c1ncnc2sc3c(c12)CCC3. The molecule has 0 unspecified atom stereocenters. The number of thiophene rings is 1. The molecule has 0 N–H and O–H groups in total. The Kier molecular flexibility index (Phi) is 3.50. The maximum atomic E-state index is 4.57. The minimum Gasteiger partial charge on any atom is -0.359 e. The van der Waals surface area contributed by atoms with Gasteiger partial charge in [0.15, 0.2) is 0 Å². The van der Waals surface area contributed by atoms with Crippen LogP contribution in [-0.2, 0) is 19.3 Å². The summed E-state index contributed by atoms with van der Waals surface area (Å²) >= 11 is 1.84. The van der Waals surface area contributed by atoms with E-state index in [1.54, 1.807) is 6.33 Å². The van der Waals surface area contributed by atoms with E-state index in [1.807, 2.05) is 29.7 Å². The van der Waals surface area contributed by atoms with Crippen molar-refractivity contribution in [1.82, 2.24) is 15.0 Å². The first-order valence-electron chi connectivity index (χ1n) is 7.69. The molecule has 0 fully saturated rings. The summed E-state index contributed by atoms with van der Waals surface area (Å²) in [6, 6.07) is 6.07. The maximum absolute atomic E-state index is 4.57. The standard InChI is InChI=1S/C17H18N4S/c1-21(10-8-12-5-2-3-9-18-12)16-15-13-6-4-7-14(13)22-17(15)20-11-19-16/h2-3,5,9,11H,4,6-8,10H2,1H3. The molecule has 0 radical (unpaired) electrons. The molecule has 0 saturated heterocycles. The van der Waals surface area contributed by atoms with Crippen LogP contribution in [0.2, 0.25) is 0 Å². The van der Waals surface area contributed by atoms with Crippen LogP contribution in [-0.4, -0.2) is 28.5 Å². The lowest BCUT2D eigenvalue weighted by Crippen LogP contribution is -2.22. The highest BCUT2D eigenvalue weighted by molar-refractivity contribution is 7.19. The number of anilines is 1. The number of rotatable bonds is 4. The molecule has 112 valence electrons. The molecule has 0 atom stereocenters. The highest BCUT2D eigenvalue weighted by Crippen LogP contribution is 2.39. The Balaban J connectivity index is 1.63. The van der Waals surface area contributed by atoms with E-state index >= 15 is 0 Å². The predicted molar refractivity (Wildman–Crippen MR) is 90.7 cm³/mol. The van der Waals surface area contributed by atoms with E-state index in [-0.39, 0.29) is 0 Å². The fourth-order valence-corrected chi connectivity index (χ4v) is 4.36. The average molecular weight is 310 g/mol. The largest absolute Gasteiger partial charge is 0.359 e. The molecule has 1 aliphatic carbocycles. The van der Waals surface area contributed by atoms with Gasteiger partial charge in [0.1, 0.15) is 17.0 Å². The fraction of sp³-hybridized carbons (Fsp3) is 0.353. The van der Waals surface area contributed by atoms with Gasteiger partial charge in [0.05, 0.1) is 5.39 Å². The zero-order valence-corrected chi connectivity index (χ0v) is 13.4. The number of aryl methyl sites for hydroxylation is 2. The van der Waals surface area contributed by atoms with Crippen LogP contribution in [0.1, 0.15) is 22.6 Å². The Morgan fingerprint density at radius 1 is 1.18 bits per heavy atom. The zero-order chi connectivity index (χ0) is 14.9. The third-order valence-electron chi connectivity index (χ3n) is 4.27. The van der Waals surface area contributed by atoms with Crippen LogP contribution in [0.4, 0.5) is 5.82 Å². The molecule has 22 heavy (non-hydrogen) atoms. The fourth-order valence-electron chi connectivity index (χ4n) is 3.14. The number of nitrogens with zero attached hydrogens (tertiary/aromatic N) is 4. The monoisotopic (exact) mass is 310 g/mol. The molecule has 3 aromatic heterocycles. The van der Waals surface area contributed by atoms with Gasteiger partial charge in [0.25, 0.3) is 0 Å². The molecule has 0 aromatic carbocycles. The second-order valence-electron chi connectivity index (χ2n) is 5.73. The predicted octanol–water partition coefficient (Wildman–Crippen LogP) is 3.25. The van der Waals surface area contributed by atoms with Crippen LogP contribution in [0.5, 0.6) is 0 Å². The maximum Gasteiger partial charge on any atom is 0.140 e. The number of pyridine rings is 1. The summed E-state index contributed by atoms with van der Waals surface area (Å²) < 4.78 is 0. The van der Waals surface area contributed by atoms with Gasteiger partial charge >= 0.3 is 0 Å². The summed E-state index contributed by atoms with van der Waals surface area (Å²) in [5, 5.41) is 1.28. The number of fused-ring (bicyclic) bond motifs is 3. The molecule has 3 heterocycles. The van der Waals surface area contributed by atoms with Crippen LogP contribution in [0.3, 0.4) is 0 Å². The highest BCUT2D eigenvalue weighted by atomic mass is 32.1. The van der Waals surface area contributed by atoms with Gasteiger partial charge in [-0.05, 0) is 37.0 Å². The molecule has 0 saturated carbocycles. The van der Waals surface area contributed by atoms with E-state index in [0.29, 0.717) is 0 Å². The van der Waals surface area contributed by atoms with Crippen molar-refractivity contribution in [1.29, 1.82) is 0 Å². The van der Waals surface area contributed by atoms with E-state index in [9.17, 15) is 0 Å². The highest BCUT2D eigenvalue weighted by Gasteiger charge is 2.22. The van der Waals surface area contributed by atoms with Gasteiger partial charge in [-0.2, -0.15) is 0 Å². The molecule has 3 aromatic rings. The van der Waals surface area contributed by atoms with Gasteiger partial charge in [-0.15, -0.1) is 11.3 Å². The van der Waals surface area contributed by atoms with Crippen molar-refractivity contribution in [3.63, 3.8) is 0 Å². The van der Waals surface area contributed by atoms with Gasteiger partial charge in [-0.25, -0.2) is 9.97 Å². The van der Waals surface area contributed by atoms with E-state index < -0.39 is 0 Å². The quantitative estimate of drug-likeness (QED) is 0.742. The van der Waals surface area contributed by atoms with E-state index in [2.05, 4.69) is 33.0 Å². The Morgan fingerprint density at radius 3 is 3.00 bits per heavy atom. The average Bonchev–Trinajstić information content (AvgIpc) is 3.14. The molecule has 4 nitrogen and oxygen atoms in total. The minimum absolute atomic E-state index is 0.910. The van der Waals surface area contributed by atoms with Crippen molar-refractivity contribution >= 4 is 27.4 Å². The molecular weight excluding hydrogens is 292 g/mol. The van der Waals surface area contributed by atoms with Crippen molar-refractivity contribution in [2.45, 2.75) is 25.7 Å². The summed E-state index contributed by atoms with van der Waals surface area (Å²) in [4.78, 5) is 18.3. The van der Waals surface area contributed by atoms with Crippen LogP contribution >= 0.6 is 11.3 Å². The second kappa shape index (κ2) is 5.65. The number of hydrogen-bond donors (Lipinski definition) is 0. The van der Waals surface area contributed by atoms with Gasteiger partial charge in [0, 0.05) is 36.8 Å². The first-order valence-corrected chi connectivity index (χ1v) is 8.51. The lowest BCUT2D eigenvalue weighted by molar-refractivity contribution is 0.840. The summed E-state index contributed by atoms with van der Waals surface area (Å²) in [6.07, 6.45) is 8.11. The van der Waals surface area contributed by atoms with Crippen molar-refractivity contribution in [2.75, 3.05) is 18.5 Å². The first kappa shape index (κ1) is 13.6. The van der Waals surface area contributed by atoms with Crippen molar-refractivity contribution in [3.8, 4) is 0 Å².